The van der Waals surface area contributed by atoms with E-state index in [9.17, 15) is 0 Å². The zero-order valence-electron chi connectivity index (χ0n) is 20.1. The van der Waals surface area contributed by atoms with Gasteiger partial charge in [0.1, 0.15) is 11.6 Å². The summed E-state index contributed by atoms with van der Waals surface area (Å²) < 4.78 is 12.9. The van der Waals surface area contributed by atoms with Gasteiger partial charge in [0.15, 0.2) is 5.96 Å². The minimum atomic E-state index is 0. The zero-order chi connectivity index (χ0) is 23.1. The van der Waals surface area contributed by atoms with Gasteiger partial charge in [-0.2, -0.15) is 0 Å². The van der Waals surface area contributed by atoms with E-state index in [4.69, 9.17) is 14.5 Å². The van der Waals surface area contributed by atoms with Gasteiger partial charge in [0.05, 0.1) is 13.7 Å². The second kappa shape index (κ2) is 16.1. The molecule has 0 saturated heterocycles. The van der Waals surface area contributed by atoms with Crippen LogP contribution in [0, 0.1) is 0 Å². The van der Waals surface area contributed by atoms with Crippen LogP contribution in [0.5, 0.6) is 5.75 Å². The summed E-state index contributed by atoms with van der Waals surface area (Å²) in [6, 6.07) is 18.4. The molecule has 3 rings (SSSR count). The number of hydrogen-bond acceptors (Lipinski definition) is 4. The van der Waals surface area contributed by atoms with Gasteiger partial charge in [-0.1, -0.05) is 42.5 Å². The highest BCUT2D eigenvalue weighted by atomic mass is 127. The van der Waals surface area contributed by atoms with Crippen LogP contribution in [0.3, 0.4) is 0 Å². The summed E-state index contributed by atoms with van der Waals surface area (Å²) in [4.78, 5) is 9.31. The maximum Gasteiger partial charge on any atom is 0.191 e. The molecule has 0 spiro atoms. The maximum atomic E-state index is 5.44. The Kier molecular flexibility index (Phi) is 13.1. The van der Waals surface area contributed by atoms with E-state index in [-0.39, 0.29) is 24.0 Å². The average Bonchev–Trinajstić information content (AvgIpc) is 3.29. The van der Waals surface area contributed by atoms with E-state index >= 15 is 0 Å². The van der Waals surface area contributed by atoms with Crippen molar-refractivity contribution in [2.45, 2.75) is 32.9 Å². The van der Waals surface area contributed by atoms with Crippen molar-refractivity contribution in [3.8, 4) is 5.75 Å². The van der Waals surface area contributed by atoms with Crippen molar-refractivity contribution < 1.29 is 9.47 Å². The third kappa shape index (κ3) is 9.72. The number of aromatic nitrogens is 2. The van der Waals surface area contributed by atoms with Crippen LogP contribution in [-0.4, -0.2) is 48.9 Å². The molecule has 0 atom stereocenters. The van der Waals surface area contributed by atoms with E-state index in [1.807, 2.05) is 49.6 Å². The van der Waals surface area contributed by atoms with Crippen molar-refractivity contribution in [1.29, 1.82) is 0 Å². The van der Waals surface area contributed by atoms with Crippen molar-refractivity contribution in [1.82, 2.24) is 20.2 Å². The number of nitrogens with zero attached hydrogens (tertiary/aromatic N) is 3. The molecule has 7 nitrogen and oxygen atoms in total. The van der Waals surface area contributed by atoms with Crippen LogP contribution in [0.25, 0.3) is 0 Å². The van der Waals surface area contributed by atoms with Gasteiger partial charge >= 0.3 is 0 Å². The number of hydrogen-bond donors (Lipinski definition) is 2. The lowest BCUT2D eigenvalue weighted by atomic mass is 10.2. The average molecular weight is 578 g/mol. The van der Waals surface area contributed by atoms with E-state index in [2.05, 4.69) is 44.5 Å². The molecule has 3 aromatic rings. The summed E-state index contributed by atoms with van der Waals surface area (Å²) in [6.07, 6.45) is 5.64. The topological polar surface area (TPSA) is 72.7 Å². The van der Waals surface area contributed by atoms with Crippen LogP contribution in [0.1, 0.15) is 30.3 Å². The minimum absolute atomic E-state index is 0. The maximum absolute atomic E-state index is 5.44. The Morgan fingerprint density at radius 3 is 2.50 bits per heavy atom. The Morgan fingerprint density at radius 2 is 1.76 bits per heavy atom. The first-order valence-electron chi connectivity index (χ1n) is 11.5. The predicted octanol–water partition coefficient (Wildman–Crippen LogP) is 4.26. The number of guanidine groups is 1. The molecule has 0 aliphatic heterocycles. The van der Waals surface area contributed by atoms with Gasteiger partial charge in [0.25, 0.3) is 0 Å². The number of imidazole rings is 1. The minimum Gasteiger partial charge on any atom is -0.497 e. The van der Waals surface area contributed by atoms with Crippen molar-refractivity contribution >= 4 is 29.9 Å². The summed E-state index contributed by atoms with van der Waals surface area (Å²) in [5, 5.41) is 6.87. The highest BCUT2D eigenvalue weighted by molar-refractivity contribution is 14.0. The lowest BCUT2D eigenvalue weighted by Gasteiger charge is -2.14. The summed E-state index contributed by atoms with van der Waals surface area (Å²) in [5.41, 5.74) is 2.40. The molecule has 0 aliphatic carbocycles. The molecule has 2 N–H and O–H groups in total. The third-order valence-corrected chi connectivity index (χ3v) is 5.18. The number of methoxy groups -OCH3 is 1. The Labute approximate surface area is 220 Å². The second-order valence-corrected chi connectivity index (χ2v) is 7.62. The molecule has 34 heavy (non-hydrogen) atoms. The number of aliphatic imine (C=N–C) groups is 1. The number of nitrogens with one attached hydrogen (secondary N) is 2. The van der Waals surface area contributed by atoms with Crippen LogP contribution in [0.4, 0.5) is 0 Å². The fourth-order valence-electron chi connectivity index (χ4n) is 3.39. The normalized spacial score (nSPS) is 11.1. The van der Waals surface area contributed by atoms with Gasteiger partial charge < -0.3 is 24.7 Å². The molecule has 0 unspecified atom stereocenters. The van der Waals surface area contributed by atoms with Gasteiger partial charge in [-0.3, -0.25) is 0 Å². The highest BCUT2D eigenvalue weighted by Gasteiger charge is 2.05. The third-order valence-electron chi connectivity index (χ3n) is 5.18. The standard InChI is InChI=1S/C26H35N5O2.HI/c1-3-33-19-7-15-28-26(30-20-22-10-12-24(32-2)13-11-22)29-16-14-25-27-17-18-31(25)21-23-8-5-4-6-9-23;/h4-6,8-13,17-18H,3,7,14-16,19-21H2,1-2H3,(H2,28,29,30);1H. The zero-order valence-corrected chi connectivity index (χ0v) is 22.4. The molecule has 184 valence electrons. The molecule has 8 heteroatoms. The van der Waals surface area contributed by atoms with Crippen molar-refractivity contribution in [3.05, 3.63) is 83.9 Å². The largest absolute Gasteiger partial charge is 0.497 e. The molecule has 2 aromatic carbocycles. The summed E-state index contributed by atoms with van der Waals surface area (Å²) in [6.45, 7) is 6.46. The molecular formula is C26H36IN5O2. The van der Waals surface area contributed by atoms with Crippen LogP contribution >= 0.6 is 24.0 Å². The number of halogens is 1. The predicted molar refractivity (Wildman–Crippen MR) is 148 cm³/mol. The van der Waals surface area contributed by atoms with E-state index in [1.165, 1.54) is 5.56 Å². The molecule has 0 amide bonds. The van der Waals surface area contributed by atoms with E-state index in [1.54, 1.807) is 7.11 Å². The highest BCUT2D eigenvalue weighted by Crippen LogP contribution is 2.12. The van der Waals surface area contributed by atoms with E-state index in [0.29, 0.717) is 6.54 Å². The molecule has 0 fully saturated rings. The molecule has 0 bridgehead atoms. The van der Waals surface area contributed by atoms with Crippen molar-refractivity contribution in [2.75, 3.05) is 33.4 Å². The van der Waals surface area contributed by atoms with Crippen LogP contribution < -0.4 is 15.4 Å². The van der Waals surface area contributed by atoms with Gasteiger partial charge in [-0.15, -0.1) is 24.0 Å². The lowest BCUT2D eigenvalue weighted by molar-refractivity contribution is 0.145. The fourth-order valence-corrected chi connectivity index (χ4v) is 3.39. The summed E-state index contributed by atoms with van der Waals surface area (Å²) >= 11 is 0. The van der Waals surface area contributed by atoms with Crippen LogP contribution in [0.2, 0.25) is 0 Å². The first-order valence-corrected chi connectivity index (χ1v) is 11.5. The van der Waals surface area contributed by atoms with Crippen molar-refractivity contribution in [3.63, 3.8) is 0 Å². The monoisotopic (exact) mass is 577 g/mol. The van der Waals surface area contributed by atoms with Gasteiger partial charge in [0, 0.05) is 51.7 Å². The number of benzene rings is 2. The molecule has 1 aromatic heterocycles. The van der Waals surface area contributed by atoms with Gasteiger partial charge in [0.2, 0.25) is 0 Å². The first kappa shape index (κ1) is 27.7. The lowest BCUT2D eigenvalue weighted by Crippen LogP contribution is -2.39. The Balaban J connectivity index is 0.00000408. The Hall–Kier alpha value is -2.59. The van der Waals surface area contributed by atoms with Crippen LogP contribution in [-0.2, 0) is 24.2 Å². The molecular weight excluding hydrogens is 541 g/mol. The summed E-state index contributed by atoms with van der Waals surface area (Å²) in [7, 11) is 1.67. The van der Waals surface area contributed by atoms with Gasteiger partial charge in [-0.25, -0.2) is 9.98 Å². The molecule has 1 heterocycles. The van der Waals surface area contributed by atoms with E-state index < -0.39 is 0 Å². The van der Waals surface area contributed by atoms with E-state index in [0.717, 1.165) is 68.8 Å². The quantitative estimate of drug-likeness (QED) is 0.138. The summed E-state index contributed by atoms with van der Waals surface area (Å²) in [5.74, 6) is 2.70. The second-order valence-electron chi connectivity index (χ2n) is 7.62. The smallest absolute Gasteiger partial charge is 0.191 e. The first-order chi connectivity index (χ1) is 16.3. The SMILES string of the molecule is CCOCCCNC(=NCc1ccc(OC)cc1)NCCc1nccn1Cc1ccccc1.I. The van der Waals surface area contributed by atoms with Crippen LogP contribution in [0.15, 0.2) is 72.0 Å². The Morgan fingerprint density at radius 1 is 1.00 bits per heavy atom. The van der Waals surface area contributed by atoms with Crippen molar-refractivity contribution in [2.24, 2.45) is 4.99 Å². The molecule has 0 saturated carbocycles. The molecule has 0 aliphatic rings. The molecule has 0 radical (unpaired) electrons. The van der Waals surface area contributed by atoms with Gasteiger partial charge in [-0.05, 0) is 36.6 Å². The number of ether oxygens (including phenoxy) is 2. The number of rotatable bonds is 13. The fraction of sp³-hybridized carbons (Fsp3) is 0.385. The Bertz CT molecular complexity index is 961.